The van der Waals surface area contributed by atoms with Crippen LogP contribution in [0.1, 0.15) is 32.4 Å². The molecule has 1 heterocycles. The van der Waals surface area contributed by atoms with E-state index >= 15 is 0 Å². The average Bonchev–Trinajstić information content (AvgIpc) is 3.15. The number of hydrogen-bond donors (Lipinski definition) is 0. The highest BCUT2D eigenvalue weighted by molar-refractivity contribution is 7.99. The van der Waals surface area contributed by atoms with Crippen molar-refractivity contribution in [3.63, 3.8) is 0 Å². The summed E-state index contributed by atoms with van der Waals surface area (Å²) in [6.07, 6.45) is 0. The lowest BCUT2D eigenvalue weighted by Crippen LogP contribution is -2.31. The van der Waals surface area contributed by atoms with E-state index in [1.165, 1.54) is 0 Å². The first kappa shape index (κ1) is 19.4. The molecule has 0 bridgehead atoms. The third-order valence-electron chi connectivity index (χ3n) is 4.77. The van der Waals surface area contributed by atoms with Crippen LogP contribution in [0.25, 0.3) is 0 Å². The van der Waals surface area contributed by atoms with Crippen LogP contribution in [0, 0.1) is 13.8 Å². The van der Waals surface area contributed by atoms with E-state index in [4.69, 9.17) is 14.2 Å². The van der Waals surface area contributed by atoms with E-state index in [-0.39, 0.29) is 11.3 Å². The van der Waals surface area contributed by atoms with Gasteiger partial charge in [0, 0.05) is 29.5 Å². The second kappa shape index (κ2) is 8.13. The summed E-state index contributed by atoms with van der Waals surface area (Å²) in [6, 6.07) is 9.66. The Morgan fingerprint density at radius 2 is 1.67 bits per heavy atom. The summed E-state index contributed by atoms with van der Waals surface area (Å²) in [5, 5.41) is -0.132. The highest BCUT2D eigenvalue weighted by Crippen LogP contribution is 2.46. The van der Waals surface area contributed by atoms with Crippen molar-refractivity contribution in [1.82, 2.24) is 4.90 Å². The van der Waals surface area contributed by atoms with Gasteiger partial charge in [-0.15, -0.1) is 11.8 Å². The Hall–Kier alpha value is -2.34. The van der Waals surface area contributed by atoms with Crippen molar-refractivity contribution in [3.8, 4) is 17.2 Å². The molecule has 1 saturated heterocycles. The fourth-order valence-corrected chi connectivity index (χ4v) is 4.66. The summed E-state index contributed by atoms with van der Waals surface area (Å²) in [6.45, 7) is 4.71. The summed E-state index contributed by atoms with van der Waals surface area (Å²) in [5.74, 6) is 2.83. The molecule has 0 N–H and O–H groups in total. The van der Waals surface area contributed by atoms with Crippen LogP contribution in [-0.2, 0) is 0 Å². The van der Waals surface area contributed by atoms with Crippen molar-refractivity contribution in [1.29, 1.82) is 0 Å². The summed E-state index contributed by atoms with van der Waals surface area (Å²) < 4.78 is 16.4. The third-order valence-corrected chi connectivity index (χ3v) is 6.01. The molecule has 2 aromatic rings. The topological polar surface area (TPSA) is 48.0 Å². The number of nitrogens with zero attached hydrogens (tertiary/aromatic N) is 1. The zero-order chi connectivity index (χ0) is 19.6. The van der Waals surface area contributed by atoms with Crippen LogP contribution in [-0.4, -0.2) is 44.4 Å². The minimum absolute atomic E-state index is 0.0411. The van der Waals surface area contributed by atoms with Gasteiger partial charge in [0.25, 0.3) is 5.91 Å². The first-order chi connectivity index (χ1) is 13.0. The van der Waals surface area contributed by atoms with Gasteiger partial charge in [-0.25, -0.2) is 0 Å². The molecule has 1 aliphatic rings. The summed E-state index contributed by atoms with van der Waals surface area (Å²) in [4.78, 5) is 15.2. The van der Waals surface area contributed by atoms with E-state index in [2.05, 4.69) is 0 Å². The summed E-state index contributed by atoms with van der Waals surface area (Å²) in [7, 11) is 4.83. The fourth-order valence-electron chi connectivity index (χ4n) is 3.39. The molecule has 1 fully saturated rings. The van der Waals surface area contributed by atoms with Crippen LogP contribution in [0.4, 0.5) is 0 Å². The van der Waals surface area contributed by atoms with Gasteiger partial charge in [-0.3, -0.25) is 4.79 Å². The largest absolute Gasteiger partial charge is 0.496 e. The average molecular weight is 388 g/mol. The highest BCUT2D eigenvalue weighted by Gasteiger charge is 2.34. The molecule has 27 heavy (non-hydrogen) atoms. The van der Waals surface area contributed by atoms with Crippen molar-refractivity contribution in [2.24, 2.45) is 0 Å². The lowest BCUT2D eigenvalue weighted by molar-refractivity contribution is 0.0758. The van der Waals surface area contributed by atoms with Crippen LogP contribution in [0.15, 0.2) is 30.3 Å². The standard InChI is InChI=1S/C21H25NO4S/c1-13-6-7-15(14(2)10-13)20(23)22-8-9-27-21(22)16-11-18(25-4)19(26-5)12-17(16)24-3/h6-7,10-12,21H,8-9H2,1-5H3. The number of carbonyl (C=O) groups excluding carboxylic acids is 1. The molecule has 3 rings (SSSR count). The van der Waals surface area contributed by atoms with E-state index in [9.17, 15) is 4.79 Å². The molecule has 1 unspecified atom stereocenters. The smallest absolute Gasteiger partial charge is 0.255 e. The van der Waals surface area contributed by atoms with E-state index in [0.717, 1.165) is 28.0 Å². The maximum absolute atomic E-state index is 13.3. The molecule has 1 amide bonds. The number of amides is 1. The Kier molecular flexibility index (Phi) is 5.85. The molecule has 0 aromatic heterocycles. The Labute approximate surface area is 164 Å². The van der Waals surface area contributed by atoms with Gasteiger partial charge in [0.05, 0.1) is 21.3 Å². The van der Waals surface area contributed by atoms with E-state index in [1.807, 2.05) is 49.1 Å². The predicted octanol–water partition coefficient (Wildman–Crippen LogP) is 4.22. The zero-order valence-electron chi connectivity index (χ0n) is 16.4. The van der Waals surface area contributed by atoms with Crippen molar-refractivity contribution in [3.05, 3.63) is 52.6 Å². The minimum Gasteiger partial charge on any atom is -0.496 e. The fraction of sp³-hybridized carbons (Fsp3) is 0.381. The third kappa shape index (κ3) is 3.72. The van der Waals surface area contributed by atoms with E-state index in [0.29, 0.717) is 23.8 Å². The minimum atomic E-state index is -0.132. The van der Waals surface area contributed by atoms with Crippen molar-refractivity contribution in [2.45, 2.75) is 19.2 Å². The molecule has 1 atom stereocenters. The SMILES string of the molecule is COc1cc(OC)c(C2SCCN2C(=O)c2ccc(C)cc2C)cc1OC. The van der Waals surface area contributed by atoms with Gasteiger partial charge in [-0.1, -0.05) is 17.7 Å². The van der Waals surface area contributed by atoms with Gasteiger partial charge in [-0.2, -0.15) is 0 Å². The van der Waals surface area contributed by atoms with Gasteiger partial charge in [0.1, 0.15) is 11.1 Å². The number of thioether (sulfide) groups is 1. The Morgan fingerprint density at radius 3 is 2.30 bits per heavy atom. The van der Waals surface area contributed by atoms with Gasteiger partial charge in [0.15, 0.2) is 11.5 Å². The monoisotopic (exact) mass is 387 g/mol. The molecule has 0 saturated carbocycles. The van der Waals surface area contributed by atoms with Crippen LogP contribution < -0.4 is 14.2 Å². The molecular formula is C21H25NO4S. The van der Waals surface area contributed by atoms with E-state index in [1.54, 1.807) is 33.1 Å². The predicted molar refractivity (Wildman–Crippen MR) is 108 cm³/mol. The molecule has 1 aliphatic heterocycles. The molecule has 6 heteroatoms. The molecule has 0 aliphatic carbocycles. The first-order valence-corrected chi connectivity index (χ1v) is 9.84. The molecule has 144 valence electrons. The lowest BCUT2D eigenvalue weighted by atomic mass is 10.0. The zero-order valence-corrected chi connectivity index (χ0v) is 17.2. The van der Waals surface area contributed by atoms with Gasteiger partial charge < -0.3 is 19.1 Å². The maximum Gasteiger partial charge on any atom is 0.255 e. The lowest BCUT2D eigenvalue weighted by Gasteiger charge is -2.27. The van der Waals surface area contributed by atoms with Crippen molar-refractivity contribution in [2.75, 3.05) is 33.6 Å². The maximum atomic E-state index is 13.3. The number of rotatable bonds is 5. The number of methoxy groups -OCH3 is 3. The van der Waals surface area contributed by atoms with Crippen LogP contribution in [0.2, 0.25) is 0 Å². The number of hydrogen-bond acceptors (Lipinski definition) is 5. The van der Waals surface area contributed by atoms with Crippen molar-refractivity contribution < 1.29 is 19.0 Å². The van der Waals surface area contributed by atoms with Crippen molar-refractivity contribution >= 4 is 17.7 Å². The Balaban J connectivity index is 2.00. The van der Waals surface area contributed by atoms with Crippen LogP contribution in [0.5, 0.6) is 17.2 Å². The molecule has 2 aromatic carbocycles. The quantitative estimate of drug-likeness (QED) is 0.769. The molecule has 5 nitrogen and oxygen atoms in total. The number of benzene rings is 2. The Bertz CT molecular complexity index is 852. The first-order valence-electron chi connectivity index (χ1n) is 8.80. The number of aryl methyl sites for hydroxylation is 2. The van der Waals surface area contributed by atoms with Crippen LogP contribution in [0.3, 0.4) is 0 Å². The normalized spacial score (nSPS) is 16.3. The summed E-state index contributed by atoms with van der Waals surface area (Å²) in [5.41, 5.74) is 3.80. The van der Waals surface area contributed by atoms with Gasteiger partial charge in [0.2, 0.25) is 0 Å². The molecule has 0 radical (unpaired) electrons. The van der Waals surface area contributed by atoms with Gasteiger partial charge in [-0.05, 0) is 31.5 Å². The number of carbonyl (C=O) groups is 1. The summed E-state index contributed by atoms with van der Waals surface area (Å²) >= 11 is 1.73. The second-order valence-electron chi connectivity index (χ2n) is 6.49. The van der Waals surface area contributed by atoms with Gasteiger partial charge >= 0.3 is 0 Å². The number of ether oxygens (including phenoxy) is 3. The highest BCUT2D eigenvalue weighted by atomic mass is 32.2. The Morgan fingerprint density at radius 1 is 1.00 bits per heavy atom. The molecular weight excluding hydrogens is 362 g/mol. The molecule has 0 spiro atoms. The van der Waals surface area contributed by atoms with E-state index < -0.39 is 0 Å². The van der Waals surface area contributed by atoms with Crippen LogP contribution >= 0.6 is 11.8 Å². The second-order valence-corrected chi connectivity index (χ2v) is 7.68.